The number of amides is 2. The Morgan fingerprint density at radius 2 is 1.76 bits per heavy atom. The number of halogens is 4. The number of benzene rings is 1. The molecular weight excluding hydrogens is 511 g/mol. The molecule has 0 aliphatic carbocycles. The van der Waals surface area contributed by atoms with Gasteiger partial charge in [-0.2, -0.15) is 0 Å². The molecule has 37 heavy (non-hydrogen) atoms. The summed E-state index contributed by atoms with van der Waals surface area (Å²) in [6, 6.07) is 0.229. The lowest BCUT2D eigenvalue weighted by Crippen LogP contribution is -2.53. The summed E-state index contributed by atoms with van der Waals surface area (Å²) in [5.41, 5.74) is -0.660. The second-order valence-corrected chi connectivity index (χ2v) is 10.0. The summed E-state index contributed by atoms with van der Waals surface area (Å²) in [6.07, 6.45) is 2.89. The molecule has 0 bridgehead atoms. The second kappa shape index (κ2) is 10.0. The van der Waals surface area contributed by atoms with Crippen LogP contribution in [0.5, 0.6) is 0 Å². The van der Waals surface area contributed by atoms with Gasteiger partial charge >= 0.3 is 0 Å². The minimum atomic E-state index is -1.34. The van der Waals surface area contributed by atoms with Crippen LogP contribution in [-0.4, -0.2) is 51.0 Å². The van der Waals surface area contributed by atoms with Gasteiger partial charge in [-0.15, -0.1) is 0 Å². The van der Waals surface area contributed by atoms with Crippen LogP contribution < -0.4 is 15.5 Å². The van der Waals surface area contributed by atoms with E-state index >= 15 is 0 Å². The van der Waals surface area contributed by atoms with E-state index in [1.807, 2.05) is 0 Å². The van der Waals surface area contributed by atoms with Crippen LogP contribution in [0.1, 0.15) is 37.0 Å². The van der Waals surface area contributed by atoms with Crippen LogP contribution in [0.2, 0.25) is 5.15 Å². The summed E-state index contributed by atoms with van der Waals surface area (Å²) >= 11 is 5.99. The molecule has 0 saturated heterocycles. The molecule has 2 amide bonds. The van der Waals surface area contributed by atoms with Crippen molar-refractivity contribution < 1.29 is 22.8 Å². The zero-order valence-electron chi connectivity index (χ0n) is 20.6. The van der Waals surface area contributed by atoms with Crippen LogP contribution in [0, 0.1) is 22.9 Å². The second-order valence-electron chi connectivity index (χ2n) is 9.64. The van der Waals surface area contributed by atoms with Gasteiger partial charge in [0.25, 0.3) is 5.91 Å². The van der Waals surface area contributed by atoms with Crippen molar-refractivity contribution in [2.24, 2.45) is 5.41 Å². The number of likely N-dealkylation sites (N-methyl/N-ethyl adjacent to an activating group) is 1. The molecule has 4 rings (SSSR count). The lowest BCUT2D eigenvalue weighted by molar-refractivity contribution is -0.124. The van der Waals surface area contributed by atoms with Gasteiger partial charge in [-0.05, 0) is 11.5 Å². The fraction of sp³-hybridized carbons (Fsp3) is 0.375. The van der Waals surface area contributed by atoms with E-state index in [-0.39, 0.29) is 35.3 Å². The van der Waals surface area contributed by atoms with Gasteiger partial charge in [0.15, 0.2) is 17.3 Å². The maximum Gasteiger partial charge on any atom is 0.272 e. The molecule has 1 aliphatic rings. The van der Waals surface area contributed by atoms with Gasteiger partial charge in [0.2, 0.25) is 5.91 Å². The van der Waals surface area contributed by atoms with Gasteiger partial charge in [-0.25, -0.2) is 23.1 Å². The van der Waals surface area contributed by atoms with Crippen molar-refractivity contribution in [2.75, 3.05) is 18.5 Å². The molecule has 0 spiro atoms. The van der Waals surface area contributed by atoms with Crippen LogP contribution in [0.4, 0.5) is 19.0 Å². The molecule has 9 nitrogen and oxygen atoms in total. The molecule has 0 saturated carbocycles. The number of hydrogen-bond donors (Lipinski definition) is 2. The first-order chi connectivity index (χ1) is 17.4. The zero-order valence-corrected chi connectivity index (χ0v) is 21.3. The first-order valence-electron chi connectivity index (χ1n) is 11.4. The Morgan fingerprint density at radius 3 is 2.41 bits per heavy atom. The number of fused-ring (bicyclic) bond motifs is 1. The molecule has 3 heterocycles. The smallest absolute Gasteiger partial charge is 0.272 e. The predicted molar refractivity (Wildman–Crippen MR) is 130 cm³/mol. The Hall–Kier alpha value is -3.67. The molecule has 2 N–H and O–H groups in total. The van der Waals surface area contributed by atoms with Crippen molar-refractivity contribution in [3.8, 4) is 11.4 Å². The molecule has 2 aromatic heterocycles. The van der Waals surface area contributed by atoms with Gasteiger partial charge in [0.1, 0.15) is 28.7 Å². The minimum absolute atomic E-state index is 0.0411. The quantitative estimate of drug-likeness (QED) is 0.486. The zero-order chi connectivity index (χ0) is 27.1. The molecule has 1 aromatic carbocycles. The van der Waals surface area contributed by atoms with Crippen molar-refractivity contribution in [1.82, 2.24) is 30.2 Å². The summed E-state index contributed by atoms with van der Waals surface area (Å²) in [7, 11) is 1.46. The summed E-state index contributed by atoms with van der Waals surface area (Å²) in [4.78, 5) is 40.4. The number of carbonyl (C=O) groups is 2. The van der Waals surface area contributed by atoms with Gasteiger partial charge in [0, 0.05) is 26.2 Å². The number of nitrogens with zero attached hydrogens (tertiary/aromatic N) is 5. The van der Waals surface area contributed by atoms with Crippen molar-refractivity contribution in [1.29, 1.82) is 0 Å². The van der Waals surface area contributed by atoms with Crippen LogP contribution in [-0.2, 0) is 17.9 Å². The van der Waals surface area contributed by atoms with E-state index in [0.717, 1.165) is 0 Å². The third kappa shape index (κ3) is 5.24. The Labute approximate surface area is 216 Å². The van der Waals surface area contributed by atoms with Crippen LogP contribution in [0.15, 0.2) is 24.5 Å². The average Bonchev–Trinajstić information content (AvgIpc) is 3.22. The first-order valence-corrected chi connectivity index (χ1v) is 11.8. The molecule has 0 radical (unpaired) electrons. The van der Waals surface area contributed by atoms with Crippen LogP contribution >= 0.6 is 11.6 Å². The standard InChI is InChI=1S/C24H25ClF3N7O2/c1-24(2,3)20(23(37)29-4)33-22(36)19-16-11-34(18-10-30-9-17(25)31-18)5-6-35(16)21(32-19)12-7-14(27)15(28)8-13(12)26/h7-10,20H,5-6,11H2,1-4H3,(H,29,37)(H,33,36). The maximum atomic E-state index is 14.7. The van der Waals surface area contributed by atoms with Crippen molar-refractivity contribution in [3.05, 3.63) is 58.5 Å². The number of nitrogens with one attached hydrogen (secondary N) is 2. The molecule has 0 fully saturated rings. The van der Waals surface area contributed by atoms with Crippen LogP contribution in [0.3, 0.4) is 0 Å². The number of imidazole rings is 1. The van der Waals surface area contributed by atoms with Crippen molar-refractivity contribution >= 4 is 29.2 Å². The topological polar surface area (TPSA) is 105 Å². The van der Waals surface area contributed by atoms with Gasteiger partial charge < -0.3 is 20.1 Å². The van der Waals surface area contributed by atoms with Crippen LogP contribution in [0.25, 0.3) is 11.4 Å². The minimum Gasteiger partial charge on any atom is -0.357 e. The average molecular weight is 536 g/mol. The van der Waals surface area contributed by atoms with Gasteiger partial charge in [-0.1, -0.05) is 32.4 Å². The highest BCUT2D eigenvalue weighted by Crippen LogP contribution is 2.31. The van der Waals surface area contributed by atoms with Crippen molar-refractivity contribution in [3.63, 3.8) is 0 Å². The Balaban J connectivity index is 1.81. The highest BCUT2D eigenvalue weighted by molar-refractivity contribution is 6.29. The van der Waals surface area contributed by atoms with Crippen molar-refractivity contribution in [2.45, 2.75) is 39.9 Å². The van der Waals surface area contributed by atoms with E-state index in [1.165, 1.54) is 19.4 Å². The van der Waals surface area contributed by atoms with E-state index in [2.05, 4.69) is 25.6 Å². The number of aromatic nitrogens is 4. The van der Waals surface area contributed by atoms with E-state index in [0.29, 0.717) is 30.2 Å². The maximum absolute atomic E-state index is 14.7. The Kier molecular flexibility index (Phi) is 7.13. The molecular formula is C24H25ClF3N7O2. The summed E-state index contributed by atoms with van der Waals surface area (Å²) < 4.78 is 44.0. The lowest BCUT2D eigenvalue weighted by atomic mass is 9.86. The van der Waals surface area contributed by atoms with E-state index < -0.39 is 40.7 Å². The summed E-state index contributed by atoms with van der Waals surface area (Å²) in [5.74, 6) is -4.30. The fourth-order valence-electron chi connectivity index (χ4n) is 4.15. The summed E-state index contributed by atoms with van der Waals surface area (Å²) in [6.45, 7) is 6.05. The van der Waals surface area contributed by atoms with E-state index in [4.69, 9.17) is 11.6 Å². The fourth-order valence-corrected chi connectivity index (χ4v) is 4.29. The number of anilines is 1. The largest absolute Gasteiger partial charge is 0.357 e. The monoisotopic (exact) mass is 535 g/mol. The summed E-state index contributed by atoms with van der Waals surface area (Å²) in [5, 5.41) is 5.43. The lowest BCUT2D eigenvalue weighted by Gasteiger charge is -2.31. The van der Waals surface area contributed by atoms with E-state index in [9.17, 15) is 22.8 Å². The third-order valence-electron chi connectivity index (χ3n) is 6.04. The molecule has 1 atom stereocenters. The number of hydrogen-bond acceptors (Lipinski definition) is 6. The number of carbonyl (C=O) groups excluding carboxylic acids is 2. The Bertz CT molecular complexity index is 1370. The molecule has 13 heteroatoms. The molecule has 196 valence electrons. The van der Waals surface area contributed by atoms with Gasteiger partial charge in [-0.3, -0.25) is 14.6 Å². The molecule has 3 aromatic rings. The highest BCUT2D eigenvalue weighted by Gasteiger charge is 2.36. The van der Waals surface area contributed by atoms with Gasteiger partial charge in [0.05, 0.1) is 30.2 Å². The van der Waals surface area contributed by atoms with E-state index in [1.54, 1.807) is 30.2 Å². The third-order valence-corrected chi connectivity index (χ3v) is 6.22. The molecule has 1 aliphatic heterocycles. The predicted octanol–water partition coefficient (Wildman–Crippen LogP) is 3.32. The Morgan fingerprint density at radius 1 is 1.05 bits per heavy atom. The highest BCUT2D eigenvalue weighted by atomic mass is 35.5. The normalized spacial score (nSPS) is 14.2. The molecule has 1 unspecified atom stereocenters. The first kappa shape index (κ1) is 26.4. The number of rotatable bonds is 5. The SMILES string of the molecule is CNC(=O)C(NC(=O)c1nc(-c2cc(F)c(F)cc2F)n2c1CN(c1cncc(Cl)n1)CC2)C(C)(C)C.